The lowest BCUT2D eigenvalue weighted by molar-refractivity contribution is -0.121. The van der Waals surface area contributed by atoms with Gasteiger partial charge in [0.15, 0.2) is 17.5 Å². The fourth-order valence-corrected chi connectivity index (χ4v) is 3.13. The van der Waals surface area contributed by atoms with Crippen LogP contribution in [0.15, 0.2) is 42.5 Å². The number of rotatable bonds is 9. The summed E-state index contributed by atoms with van der Waals surface area (Å²) in [4.78, 5) is 28.6. The van der Waals surface area contributed by atoms with Crippen molar-refractivity contribution in [2.75, 3.05) is 29.9 Å². The fraction of sp³-hybridized carbons (Fsp3) is 0.364. The molecule has 0 heterocycles. The molecule has 0 radical (unpaired) electrons. The van der Waals surface area contributed by atoms with Crippen LogP contribution in [0.5, 0.6) is 0 Å². The number of halogens is 3. The largest absolute Gasteiger partial charge is 0.322 e. The second kappa shape index (κ2) is 10.8. The van der Waals surface area contributed by atoms with Crippen LogP contribution < -0.4 is 10.2 Å². The summed E-state index contributed by atoms with van der Waals surface area (Å²) in [6.07, 6.45) is 0.688. The van der Waals surface area contributed by atoms with Crippen molar-refractivity contribution in [1.82, 2.24) is 4.90 Å². The summed E-state index contributed by atoms with van der Waals surface area (Å²) in [6, 6.07) is 10.8. The van der Waals surface area contributed by atoms with Gasteiger partial charge in [-0.3, -0.25) is 14.5 Å². The van der Waals surface area contributed by atoms with Gasteiger partial charge in [0.05, 0.1) is 18.8 Å². The Bertz CT molecular complexity index is 875. The molecule has 0 atom stereocenters. The summed E-state index contributed by atoms with van der Waals surface area (Å²) in [6.45, 7) is 5.94. The highest BCUT2D eigenvalue weighted by Gasteiger charge is 2.23. The Balaban J connectivity index is 2.08. The van der Waals surface area contributed by atoms with Gasteiger partial charge < -0.3 is 10.2 Å². The zero-order valence-electron chi connectivity index (χ0n) is 17.3. The number of hydrogen-bond donors (Lipinski definition) is 1. The Morgan fingerprint density at radius 2 is 1.63 bits per heavy atom. The van der Waals surface area contributed by atoms with E-state index in [1.807, 2.05) is 51.1 Å². The average molecular weight is 421 g/mol. The maximum atomic E-state index is 13.8. The van der Waals surface area contributed by atoms with E-state index in [0.29, 0.717) is 13.0 Å². The standard InChI is InChI=1S/C22H26F3N3O2/c1-4-12-27(13-19(29)26-18-11-10-17(23)21(24)22(18)25)14-20(30)28(15(2)3)16-8-6-5-7-9-16/h5-11,15H,4,12-14H2,1-3H3,(H,26,29). The normalized spacial score (nSPS) is 11.1. The molecule has 0 bridgehead atoms. The molecule has 0 aliphatic rings. The van der Waals surface area contributed by atoms with Crippen LogP contribution in [0.25, 0.3) is 0 Å². The molecule has 0 aromatic heterocycles. The fourth-order valence-electron chi connectivity index (χ4n) is 3.13. The maximum absolute atomic E-state index is 13.8. The van der Waals surface area contributed by atoms with E-state index in [1.54, 1.807) is 9.80 Å². The van der Waals surface area contributed by atoms with E-state index in [0.717, 1.165) is 17.8 Å². The Morgan fingerprint density at radius 1 is 0.967 bits per heavy atom. The number of hydrogen-bond acceptors (Lipinski definition) is 3. The molecule has 0 aliphatic carbocycles. The van der Waals surface area contributed by atoms with Crippen molar-refractivity contribution >= 4 is 23.2 Å². The smallest absolute Gasteiger partial charge is 0.241 e. The van der Waals surface area contributed by atoms with Crippen LogP contribution in [0.3, 0.4) is 0 Å². The Labute approximate surface area is 174 Å². The molecule has 0 unspecified atom stereocenters. The SMILES string of the molecule is CCCN(CC(=O)Nc1ccc(F)c(F)c1F)CC(=O)N(c1ccccc1)C(C)C. The molecule has 0 saturated heterocycles. The maximum Gasteiger partial charge on any atom is 0.241 e. The minimum atomic E-state index is -1.65. The number of anilines is 2. The highest BCUT2D eigenvalue weighted by Crippen LogP contribution is 2.20. The number of carbonyl (C=O) groups excluding carboxylic acids is 2. The number of para-hydroxylation sites is 1. The van der Waals surface area contributed by atoms with Crippen LogP contribution in [0.1, 0.15) is 27.2 Å². The average Bonchev–Trinajstić information content (AvgIpc) is 2.69. The monoisotopic (exact) mass is 421 g/mol. The first-order valence-electron chi connectivity index (χ1n) is 9.77. The van der Waals surface area contributed by atoms with Crippen molar-refractivity contribution < 1.29 is 22.8 Å². The molecule has 8 heteroatoms. The Hall–Kier alpha value is -2.87. The summed E-state index contributed by atoms with van der Waals surface area (Å²) < 4.78 is 40.2. The molecule has 2 aromatic rings. The highest BCUT2D eigenvalue weighted by molar-refractivity contribution is 5.96. The number of carbonyl (C=O) groups is 2. The molecule has 2 amide bonds. The quantitative estimate of drug-likeness (QED) is 0.618. The van der Waals surface area contributed by atoms with Crippen LogP contribution in [0, 0.1) is 17.5 Å². The molecule has 0 fully saturated rings. The van der Waals surface area contributed by atoms with Crippen LogP contribution in [0.2, 0.25) is 0 Å². The lowest BCUT2D eigenvalue weighted by Gasteiger charge is -2.30. The molecule has 1 N–H and O–H groups in total. The lowest BCUT2D eigenvalue weighted by Crippen LogP contribution is -2.46. The zero-order valence-corrected chi connectivity index (χ0v) is 17.3. The predicted octanol–water partition coefficient (Wildman–Crippen LogP) is 4.20. The first-order chi connectivity index (χ1) is 14.2. The van der Waals surface area contributed by atoms with Crippen molar-refractivity contribution in [3.63, 3.8) is 0 Å². The first kappa shape index (κ1) is 23.4. The van der Waals surface area contributed by atoms with Crippen molar-refractivity contribution in [2.45, 2.75) is 33.2 Å². The highest BCUT2D eigenvalue weighted by atomic mass is 19.2. The molecule has 5 nitrogen and oxygen atoms in total. The van der Waals surface area contributed by atoms with Gasteiger partial charge in [-0.1, -0.05) is 25.1 Å². The van der Waals surface area contributed by atoms with Gasteiger partial charge in [0.1, 0.15) is 0 Å². The van der Waals surface area contributed by atoms with E-state index in [1.165, 1.54) is 0 Å². The van der Waals surface area contributed by atoms with Gasteiger partial charge in [-0.2, -0.15) is 0 Å². The second-order valence-electron chi connectivity index (χ2n) is 7.17. The summed E-state index contributed by atoms with van der Waals surface area (Å²) in [5.74, 6) is -5.26. The van der Waals surface area contributed by atoms with Gasteiger partial charge in [-0.05, 0) is 51.1 Å². The third kappa shape index (κ3) is 6.06. The lowest BCUT2D eigenvalue weighted by atomic mass is 10.2. The predicted molar refractivity (Wildman–Crippen MR) is 111 cm³/mol. The van der Waals surface area contributed by atoms with Crippen LogP contribution in [-0.4, -0.2) is 42.4 Å². The third-order valence-electron chi connectivity index (χ3n) is 4.39. The van der Waals surface area contributed by atoms with E-state index in [9.17, 15) is 22.8 Å². The van der Waals surface area contributed by atoms with Gasteiger partial charge in [-0.15, -0.1) is 0 Å². The molecular formula is C22H26F3N3O2. The van der Waals surface area contributed by atoms with Gasteiger partial charge in [0.2, 0.25) is 11.8 Å². The molecule has 0 saturated carbocycles. The summed E-state index contributed by atoms with van der Waals surface area (Å²) in [5.41, 5.74) is 0.303. The van der Waals surface area contributed by atoms with Crippen molar-refractivity contribution in [3.8, 4) is 0 Å². The molecule has 0 spiro atoms. The molecular weight excluding hydrogens is 395 g/mol. The minimum absolute atomic E-state index is 0.0193. The van der Waals surface area contributed by atoms with Crippen molar-refractivity contribution in [3.05, 3.63) is 59.9 Å². The zero-order chi connectivity index (χ0) is 22.3. The Kier molecular flexibility index (Phi) is 8.41. The van der Waals surface area contributed by atoms with Crippen LogP contribution in [0.4, 0.5) is 24.5 Å². The van der Waals surface area contributed by atoms with E-state index >= 15 is 0 Å². The topological polar surface area (TPSA) is 52.7 Å². The van der Waals surface area contributed by atoms with Gasteiger partial charge in [0.25, 0.3) is 0 Å². The van der Waals surface area contributed by atoms with Crippen molar-refractivity contribution in [2.24, 2.45) is 0 Å². The van der Waals surface area contributed by atoms with E-state index in [4.69, 9.17) is 0 Å². The number of nitrogens with zero attached hydrogens (tertiary/aromatic N) is 2. The third-order valence-corrected chi connectivity index (χ3v) is 4.39. The minimum Gasteiger partial charge on any atom is -0.322 e. The van der Waals surface area contributed by atoms with E-state index in [2.05, 4.69) is 5.32 Å². The first-order valence-corrected chi connectivity index (χ1v) is 9.77. The van der Waals surface area contributed by atoms with E-state index < -0.39 is 29.0 Å². The summed E-state index contributed by atoms with van der Waals surface area (Å²) >= 11 is 0. The van der Waals surface area contributed by atoms with E-state index in [-0.39, 0.29) is 25.0 Å². The molecule has 162 valence electrons. The molecule has 0 aliphatic heterocycles. The van der Waals surface area contributed by atoms with Gasteiger partial charge in [-0.25, -0.2) is 13.2 Å². The summed E-state index contributed by atoms with van der Waals surface area (Å²) in [5, 5.41) is 2.24. The summed E-state index contributed by atoms with van der Waals surface area (Å²) in [7, 11) is 0. The van der Waals surface area contributed by atoms with Crippen LogP contribution >= 0.6 is 0 Å². The number of nitrogens with one attached hydrogen (secondary N) is 1. The number of amides is 2. The Morgan fingerprint density at radius 3 is 2.23 bits per heavy atom. The number of benzene rings is 2. The van der Waals surface area contributed by atoms with Crippen molar-refractivity contribution in [1.29, 1.82) is 0 Å². The molecule has 30 heavy (non-hydrogen) atoms. The van der Waals surface area contributed by atoms with Gasteiger partial charge >= 0.3 is 0 Å². The second-order valence-corrected chi connectivity index (χ2v) is 7.17. The molecule has 2 aromatic carbocycles. The molecule has 2 rings (SSSR count). The van der Waals surface area contributed by atoms with Gasteiger partial charge in [0, 0.05) is 11.7 Å². The van der Waals surface area contributed by atoms with Crippen LogP contribution in [-0.2, 0) is 9.59 Å².